The Morgan fingerprint density at radius 1 is 1.06 bits per heavy atom. The van der Waals surface area contributed by atoms with Gasteiger partial charge in [-0.25, -0.2) is 0 Å². The summed E-state index contributed by atoms with van der Waals surface area (Å²) in [7, 11) is 0. The van der Waals surface area contributed by atoms with Crippen molar-refractivity contribution in [1.82, 2.24) is 0 Å². The van der Waals surface area contributed by atoms with E-state index in [0.717, 1.165) is 6.54 Å². The minimum Gasteiger partial charge on any atom is -0.384 e. The van der Waals surface area contributed by atoms with Crippen LogP contribution in [0, 0.1) is 3.57 Å². The summed E-state index contributed by atoms with van der Waals surface area (Å²) >= 11 is 2.37. The van der Waals surface area contributed by atoms with Crippen molar-refractivity contribution < 1.29 is 0 Å². The Kier molecular flexibility index (Phi) is 3.05. The van der Waals surface area contributed by atoms with Crippen LogP contribution in [0.25, 0.3) is 0 Å². The standard InChI is InChI=1S/C15H14IN/c16-14-7-3-4-8-15(14)17-10-12-9-11-5-1-2-6-13(11)12/h1-8,12,17H,9-10H2. The van der Waals surface area contributed by atoms with Crippen LogP contribution in [0.4, 0.5) is 5.69 Å². The van der Waals surface area contributed by atoms with E-state index in [-0.39, 0.29) is 0 Å². The van der Waals surface area contributed by atoms with E-state index in [0.29, 0.717) is 5.92 Å². The van der Waals surface area contributed by atoms with Crippen LogP contribution in [-0.2, 0) is 6.42 Å². The van der Waals surface area contributed by atoms with Gasteiger partial charge in [-0.15, -0.1) is 0 Å². The van der Waals surface area contributed by atoms with Crippen LogP contribution in [0.5, 0.6) is 0 Å². The first-order valence-corrected chi connectivity index (χ1v) is 6.98. The van der Waals surface area contributed by atoms with Crippen molar-refractivity contribution in [1.29, 1.82) is 0 Å². The topological polar surface area (TPSA) is 12.0 Å². The zero-order valence-corrected chi connectivity index (χ0v) is 11.6. The van der Waals surface area contributed by atoms with Crippen LogP contribution >= 0.6 is 22.6 Å². The Balaban J connectivity index is 1.66. The molecule has 2 heteroatoms. The molecule has 3 rings (SSSR count). The third-order valence-electron chi connectivity index (χ3n) is 3.37. The van der Waals surface area contributed by atoms with E-state index in [9.17, 15) is 0 Å². The SMILES string of the molecule is Ic1ccccc1NCC1Cc2ccccc21. The third-order valence-corrected chi connectivity index (χ3v) is 4.31. The molecule has 1 N–H and O–H groups in total. The molecule has 1 aliphatic carbocycles. The number of fused-ring (bicyclic) bond motifs is 1. The highest BCUT2D eigenvalue weighted by Gasteiger charge is 2.24. The number of halogens is 1. The van der Waals surface area contributed by atoms with Gasteiger partial charge in [-0.1, -0.05) is 36.4 Å². The monoisotopic (exact) mass is 335 g/mol. The molecule has 0 saturated heterocycles. The van der Waals surface area contributed by atoms with Gasteiger partial charge >= 0.3 is 0 Å². The Labute approximate surface area is 115 Å². The lowest BCUT2D eigenvalue weighted by Crippen LogP contribution is -2.24. The number of nitrogens with one attached hydrogen (secondary N) is 1. The van der Waals surface area contributed by atoms with E-state index >= 15 is 0 Å². The smallest absolute Gasteiger partial charge is 0.0476 e. The largest absolute Gasteiger partial charge is 0.384 e. The van der Waals surface area contributed by atoms with Crippen molar-refractivity contribution in [3.05, 3.63) is 63.2 Å². The number of para-hydroxylation sites is 1. The minimum atomic E-state index is 0.683. The fourth-order valence-corrected chi connectivity index (χ4v) is 2.96. The Morgan fingerprint density at radius 2 is 1.82 bits per heavy atom. The summed E-state index contributed by atoms with van der Waals surface area (Å²) in [4.78, 5) is 0. The van der Waals surface area contributed by atoms with Gasteiger partial charge < -0.3 is 5.32 Å². The molecule has 86 valence electrons. The first-order valence-electron chi connectivity index (χ1n) is 5.91. The second kappa shape index (κ2) is 4.69. The van der Waals surface area contributed by atoms with Crippen LogP contribution in [0.15, 0.2) is 48.5 Å². The molecule has 17 heavy (non-hydrogen) atoms. The number of rotatable bonds is 3. The lowest BCUT2D eigenvalue weighted by Gasteiger charge is -2.30. The van der Waals surface area contributed by atoms with E-state index in [1.807, 2.05) is 0 Å². The van der Waals surface area contributed by atoms with Gasteiger partial charge in [-0.2, -0.15) is 0 Å². The molecular weight excluding hydrogens is 321 g/mol. The van der Waals surface area contributed by atoms with Gasteiger partial charge in [-0.3, -0.25) is 0 Å². The van der Waals surface area contributed by atoms with Gasteiger partial charge in [0, 0.05) is 21.7 Å². The first-order chi connectivity index (χ1) is 8.34. The molecule has 0 aromatic heterocycles. The summed E-state index contributed by atoms with van der Waals surface area (Å²) in [5, 5.41) is 3.55. The van der Waals surface area contributed by atoms with Crippen LogP contribution in [0.3, 0.4) is 0 Å². The van der Waals surface area contributed by atoms with Crippen LogP contribution in [0.2, 0.25) is 0 Å². The molecule has 1 unspecified atom stereocenters. The quantitative estimate of drug-likeness (QED) is 0.835. The molecule has 1 atom stereocenters. The highest BCUT2D eigenvalue weighted by atomic mass is 127. The van der Waals surface area contributed by atoms with E-state index in [4.69, 9.17) is 0 Å². The Bertz CT molecular complexity index is 536. The normalized spacial score (nSPS) is 17.1. The van der Waals surface area contributed by atoms with Crippen molar-refractivity contribution in [3.8, 4) is 0 Å². The third kappa shape index (κ3) is 2.18. The maximum atomic E-state index is 3.55. The van der Waals surface area contributed by atoms with Gasteiger partial charge in [0.15, 0.2) is 0 Å². The average Bonchev–Trinajstić information content (AvgIpc) is 2.32. The van der Waals surface area contributed by atoms with Crippen LogP contribution in [0.1, 0.15) is 17.0 Å². The summed E-state index contributed by atoms with van der Waals surface area (Å²) < 4.78 is 1.29. The fourth-order valence-electron chi connectivity index (χ4n) is 2.38. The second-order valence-corrected chi connectivity index (χ2v) is 5.62. The molecule has 0 amide bonds. The Morgan fingerprint density at radius 3 is 2.65 bits per heavy atom. The summed E-state index contributed by atoms with van der Waals surface area (Å²) in [6.07, 6.45) is 1.21. The maximum Gasteiger partial charge on any atom is 0.0476 e. The number of benzene rings is 2. The molecule has 0 bridgehead atoms. The van der Waals surface area contributed by atoms with E-state index in [1.165, 1.54) is 26.8 Å². The Hall–Kier alpha value is -1.03. The van der Waals surface area contributed by atoms with Crippen molar-refractivity contribution >= 4 is 28.3 Å². The summed E-state index contributed by atoms with van der Waals surface area (Å²) in [6, 6.07) is 17.2. The predicted octanol–water partition coefficient (Wildman–Crippen LogP) is 4.04. The van der Waals surface area contributed by atoms with Gasteiger partial charge in [0.1, 0.15) is 0 Å². The van der Waals surface area contributed by atoms with Crippen molar-refractivity contribution in [3.63, 3.8) is 0 Å². The maximum absolute atomic E-state index is 3.55. The van der Waals surface area contributed by atoms with E-state index in [2.05, 4.69) is 76.4 Å². The molecule has 0 spiro atoms. The highest BCUT2D eigenvalue weighted by molar-refractivity contribution is 14.1. The molecule has 2 aromatic rings. The zero-order chi connectivity index (χ0) is 11.7. The minimum absolute atomic E-state index is 0.683. The number of anilines is 1. The van der Waals surface area contributed by atoms with Gasteiger partial charge in [0.05, 0.1) is 0 Å². The molecule has 0 heterocycles. The van der Waals surface area contributed by atoms with Gasteiger partial charge in [-0.05, 0) is 52.3 Å². The van der Waals surface area contributed by atoms with Crippen LogP contribution in [-0.4, -0.2) is 6.54 Å². The summed E-state index contributed by atoms with van der Waals surface area (Å²) in [5.41, 5.74) is 4.28. The van der Waals surface area contributed by atoms with Crippen molar-refractivity contribution in [2.75, 3.05) is 11.9 Å². The molecule has 0 saturated carbocycles. The second-order valence-electron chi connectivity index (χ2n) is 4.46. The molecule has 1 aliphatic rings. The van der Waals surface area contributed by atoms with Crippen molar-refractivity contribution in [2.24, 2.45) is 0 Å². The fraction of sp³-hybridized carbons (Fsp3) is 0.200. The molecule has 2 aromatic carbocycles. The molecule has 0 radical (unpaired) electrons. The highest BCUT2D eigenvalue weighted by Crippen LogP contribution is 2.34. The van der Waals surface area contributed by atoms with Crippen molar-refractivity contribution in [2.45, 2.75) is 12.3 Å². The van der Waals surface area contributed by atoms with Gasteiger partial charge in [0.25, 0.3) is 0 Å². The molecular formula is C15H14IN. The summed E-state index contributed by atoms with van der Waals surface area (Å²) in [5.74, 6) is 0.683. The molecule has 0 aliphatic heterocycles. The first kappa shape index (κ1) is 11.1. The number of hydrogen-bond donors (Lipinski definition) is 1. The zero-order valence-electron chi connectivity index (χ0n) is 9.49. The number of hydrogen-bond acceptors (Lipinski definition) is 1. The van der Waals surface area contributed by atoms with E-state index < -0.39 is 0 Å². The van der Waals surface area contributed by atoms with Gasteiger partial charge in [0.2, 0.25) is 0 Å². The average molecular weight is 335 g/mol. The van der Waals surface area contributed by atoms with Crippen LogP contribution < -0.4 is 5.32 Å². The predicted molar refractivity (Wildman–Crippen MR) is 80.5 cm³/mol. The lowest BCUT2D eigenvalue weighted by molar-refractivity contribution is 0.635. The lowest BCUT2D eigenvalue weighted by atomic mass is 9.77. The molecule has 0 fully saturated rings. The molecule has 1 nitrogen and oxygen atoms in total. The van der Waals surface area contributed by atoms with E-state index in [1.54, 1.807) is 0 Å². The summed E-state index contributed by atoms with van der Waals surface area (Å²) in [6.45, 7) is 1.04.